The summed E-state index contributed by atoms with van der Waals surface area (Å²) in [6, 6.07) is 9.86. The lowest BCUT2D eigenvalue weighted by Gasteiger charge is -2.31. The zero-order valence-corrected chi connectivity index (χ0v) is 23.4. The van der Waals surface area contributed by atoms with Crippen molar-refractivity contribution in [1.82, 2.24) is 30.5 Å². The molecule has 0 bridgehead atoms. The van der Waals surface area contributed by atoms with Gasteiger partial charge in [0.15, 0.2) is 11.6 Å². The van der Waals surface area contributed by atoms with Crippen LogP contribution in [0.1, 0.15) is 71.2 Å². The van der Waals surface area contributed by atoms with Crippen LogP contribution in [-0.2, 0) is 30.8 Å². The summed E-state index contributed by atoms with van der Waals surface area (Å²) in [4.78, 5) is 24.0. The molecule has 0 saturated heterocycles. The summed E-state index contributed by atoms with van der Waals surface area (Å²) in [6.07, 6.45) is -1.32. The van der Waals surface area contributed by atoms with Gasteiger partial charge in [0.25, 0.3) is 0 Å². The molecule has 2 saturated carbocycles. The number of hydrogen-bond donors (Lipinski definition) is 1. The molecule has 2 atom stereocenters. The smallest absolute Gasteiger partial charge is 0.406 e. The van der Waals surface area contributed by atoms with Crippen molar-refractivity contribution in [3.05, 3.63) is 76.5 Å². The van der Waals surface area contributed by atoms with Crippen LogP contribution in [0.15, 0.2) is 45.4 Å². The lowest BCUT2D eigenvalue weighted by atomic mass is 9.87. The number of benzene rings is 2. The molecule has 0 radical (unpaired) electrons. The molecule has 2 fully saturated rings. The Bertz CT molecular complexity index is 1660. The van der Waals surface area contributed by atoms with Gasteiger partial charge < -0.3 is 19.1 Å². The number of amides is 1. The zero-order chi connectivity index (χ0) is 29.7. The number of halogens is 3. The first kappa shape index (κ1) is 27.6. The van der Waals surface area contributed by atoms with Crippen molar-refractivity contribution in [3.8, 4) is 16.9 Å². The highest BCUT2D eigenvalue weighted by Gasteiger charge is 2.47. The van der Waals surface area contributed by atoms with Gasteiger partial charge in [0.2, 0.25) is 17.7 Å². The van der Waals surface area contributed by atoms with Crippen molar-refractivity contribution >= 4 is 5.91 Å². The summed E-state index contributed by atoms with van der Waals surface area (Å²) in [6.45, 7) is 3.83. The number of aromatic nitrogens is 4. The van der Waals surface area contributed by atoms with Gasteiger partial charge in [-0.15, -0.1) is 13.2 Å². The molecule has 3 heterocycles. The van der Waals surface area contributed by atoms with Crippen molar-refractivity contribution in [2.75, 3.05) is 6.54 Å². The van der Waals surface area contributed by atoms with Crippen molar-refractivity contribution in [1.29, 1.82) is 0 Å². The van der Waals surface area contributed by atoms with Crippen molar-refractivity contribution in [2.24, 2.45) is 5.92 Å². The van der Waals surface area contributed by atoms with Gasteiger partial charge in [0, 0.05) is 25.6 Å². The highest BCUT2D eigenvalue weighted by atomic mass is 19.4. The Hall–Kier alpha value is -4.26. The lowest BCUT2D eigenvalue weighted by Crippen LogP contribution is -2.33. The van der Waals surface area contributed by atoms with Gasteiger partial charge in [-0.25, -0.2) is 0 Å². The van der Waals surface area contributed by atoms with Crippen molar-refractivity contribution in [3.63, 3.8) is 0 Å². The number of carbonyl (C=O) groups is 1. The third-order valence-corrected chi connectivity index (χ3v) is 8.18. The average Bonchev–Trinajstić information content (AvgIpc) is 3.89. The molecule has 3 aliphatic rings. The van der Waals surface area contributed by atoms with Crippen LogP contribution in [0.4, 0.5) is 13.2 Å². The number of carbonyl (C=O) groups excluding carboxylic acids is 1. The van der Waals surface area contributed by atoms with E-state index in [-0.39, 0.29) is 23.5 Å². The Balaban J connectivity index is 1.13. The highest BCUT2D eigenvalue weighted by Crippen LogP contribution is 2.47. The molecule has 2 aliphatic carbocycles. The molecule has 2 aromatic heterocycles. The molecule has 2 aromatic carbocycles. The fraction of sp³-hybridized carbons (Fsp3) is 0.433. The molecule has 0 unspecified atom stereocenters. The van der Waals surface area contributed by atoms with E-state index in [0.29, 0.717) is 73.9 Å². The molecule has 43 heavy (non-hydrogen) atoms. The number of aryl methyl sites for hydroxylation is 1. The molecule has 4 aromatic rings. The quantitative estimate of drug-likeness (QED) is 0.280. The van der Waals surface area contributed by atoms with E-state index in [1.54, 1.807) is 19.1 Å². The largest absolute Gasteiger partial charge is 0.573 e. The molecule has 13 heteroatoms. The minimum Gasteiger partial charge on any atom is -0.406 e. The van der Waals surface area contributed by atoms with Crippen LogP contribution in [0, 0.1) is 12.8 Å². The van der Waals surface area contributed by atoms with Gasteiger partial charge >= 0.3 is 6.36 Å². The third kappa shape index (κ3) is 6.12. The van der Waals surface area contributed by atoms with E-state index >= 15 is 0 Å². The summed E-state index contributed by atoms with van der Waals surface area (Å²) in [7, 11) is 0. The molecule has 1 amide bonds. The Labute approximate surface area is 244 Å². The number of nitrogens with one attached hydrogen (secondary N) is 1. The minimum atomic E-state index is -4.78. The maximum absolute atomic E-state index is 13.0. The first-order valence-corrected chi connectivity index (χ1v) is 14.3. The Morgan fingerprint density at radius 1 is 1.09 bits per heavy atom. The van der Waals surface area contributed by atoms with Gasteiger partial charge in [0.05, 0.1) is 18.4 Å². The second-order valence-corrected chi connectivity index (χ2v) is 11.4. The number of rotatable bonds is 9. The van der Waals surface area contributed by atoms with E-state index in [1.165, 1.54) is 12.1 Å². The van der Waals surface area contributed by atoms with Crippen LogP contribution < -0.4 is 10.1 Å². The molecule has 224 valence electrons. The van der Waals surface area contributed by atoms with Gasteiger partial charge in [-0.2, -0.15) is 9.97 Å². The summed E-state index contributed by atoms with van der Waals surface area (Å²) in [5, 5.41) is 11.1. The second-order valence-electron chi connectivity index (χ2n) is 11.4. The number of hydrogen-bond acceptors (Lipinski definition) is 9. The van der Waals surface area contributed by atoms with E-state index in [1.807, 2.05) is 12.1 Å². The molecular weight excluding hydrogens is 565 g/mol. The SMILES string of the molecule is Cc1noc([C@H]2C[C@@H]2C(=O)NCc2ccc(-c3cccc(OC(F)(F)F)c3)c3c2CN(Cc2noc(C4CC4)n2)CC3)n1. The molecule has 1 aliphatic heterocycles. The molecule has 0 spiro atoms. The zero-order valence-electron chi connectivity index (χ0n) is 23.4. The van der Waals surface area contributed by atoms with E-state index in [4.69, 9.17) is 9.05 Å². The maximum atomic E-state index is 13.0. The van der Waals surface area contributed by atoms with Crippen LogP contribution in [0.3, 0.4) is 0 Å². The van der Waals surface area contributed by atoms with Gasteiger partial charge in [-0.05, 0) is 72.6 Å². The first-order valence-electron chi connectivity index (χ1n) is 14.3. The summed E-state index contributed by atoms with van der Waals surface area (Å²) in [5.41, 5.74) is 4.46. The Morgan fingerprint density at radius 2 is 1.93 bits per heavy atom. The molecular formula is C30H29F3N6O4. The molecule has 1 N–H and O–H groups in total. The Kier molecular flexibility index (Phi) is 6.91. The minimum absolute atomic E-state index is 0.0744. The van der Waals surface area contributed by atoms with E-state index in [0.717, 1.165) is 35.1 Å². The maximum Gasteiger partial charge on any atom is 0.573 e. The number of fused-ring (bicyclic) bond motifs is 1. The van der Waals surface area contributed by atoms with Crippen LogP contribution in [0.25, 0.3) is 11.1 Å². The number of alkyl halides is 3. The predicted molar refractivity (Wildman–Crippen MR) is 144 cm³/mol. The monoisotopic (exact) mass is 594 g/mol. The Morgan fingerprint density at radius 3 is 2.70 bits per heavy atom. The van der Waals surface area contributed by atoms with Gasteiger partial charge in [0.1, 0.15) is 5.75 Å². The van der Waals surface area contributed by atoms with Crippen LogP contribution in [-0.4, -0.2) is 44.0 Å². The van der Waals surface area contributed by atoms with E-state index < -0.39 is 6.36 Å². The fourth-order valence-corrected chi connectivity index (χ4v) is 5.79. The fourth-order valence-electron chi connectivity index (χ4n) is 5.79. The number of ether oxygens (including phenoxy) is 1. The van der Waals surface area contributed by atoms with Crippen molar-refractivity contribution in [2.45, 2.75) is 70.4 Å². The topological polar surface area (TPSA) is 119 Å². The molecule has 10 nitrogen and oxygen atoms in total. The van der Waals surface area contributed by atoms with Gasteiger partial charge in [-0.1, -0.05) is 34.6 Å². The summed E-state index contributed by atoms with van der Waals surface area (Å²) in [5.74, 6) is 2.06. The highest BCUT2D eigenvalue weighted by molar-refractivity contribution is 5.82. The lowest BCUT2D eigenvalue weighted by molar-refractivity contribution is -0.274. The van der Waals surface area contributed by atoms with Crippen LogP contribution in [0.5, 0.6) is 5.75 Å². The normalized spacial score (nSPS) is 20.1. The standard InChI is InChI=1S/C30H29F3N6O4/c1-16-35-29(43-37-16)24-12-23(24)27(40)34-13-19-7-8-21(18-3-2-4-20(11-18)41-30(31,32)33)22-9-10-39(14-25(19)22)15-26-36-28(42-38-26)17-5-6-17/h2-4,7-8,11,17,23-24H,5-6,9-10,12-15H2,1H3,(H,34,40)/t23-,24-/m0/s1. The predicted octanol–water partition coefficient (Wildman–Crippen LogP) is 5.18. The van der Waals surface area contributed by atoms with Gasteiger partial charge in [-0.3, -0.25) is 9.69 Å². The average molecular weight is 595 g/mol. The van der Waals surface area contributed by atoms with E-state index in [2.05, 4.69) is 35.2 Å². The van der Waals surface area contributed by atoms with Crippen molar-refractivity contribution < 1.29 is 31.7 Å². The van der Waals surface area contributed by atoms with Crippen LogP contribution >= 0.6 is 0 Å². The second kappa shape index (κ2) is 10.8. The first-order chi connectivity index (χ1) is 20.7. The summed E-state index contributed by atoms with van der Waals surface area (Å²) < 4.78 is 53.6. The number of nitrogens with zero attached hydrogens (tertiary/aromatic N) is 5. The van der Waals surface area contributed by atoms with E-state index in [9.17, 15) is 18.0 Å². The molecule has 7 rings (SSSR count). The van der Waals surface area contributed by atoms with Crippen LogP contribution in [0.2, 0.25) is 0 Å². The summed E-state index contributed by atoms with van der Waals surface area (Å²) >= 11 is 0. The third-order valence-electron chi connectivity index (χ3n) is 8.18.